The summed E-state index contributed by atoms with van der Waals surface area (Å²) in [5, 5.41) is 18.5. The van der Waals surface area contributed by atoms with Gasteiger partial charge < -0.3 is 14.9 Å². The molecule has 2 aromatic rings. The van der Waals surface area contributed by atoms with E-state index >= 15 is 0 Å². The number of ketones is 1. The zero-order chi connectivity index (χ0) is 18.4. The van der Waals surface area contributed by atoms with Crippen LogP contribution in [0.4, 0.5) is 0 Å². The van der Waals surface area contributed by atoms with Crippen molar-refractivity contribution >= 4 is 17.8 Å². The number of phenolic OH excluding ortho intramolecular Hbond substituents is 1. The molecule has 2 N–H and O–H groups in total. The molecule has 0 unspecified atom stereocenters. The largest absolute Gasteiger partial charge is 0.507 e. The summed E-state index contributed by atoms with van der Waals surface area (Å²) in [7, 11) is 0. The molecule has 0 amide bonds. The molecule has 0 aromatic heterocycles. The van der Waals surface area contributed by atoms with E-state index in [1.54, 1.807) is 56.3 Å². The van der Waals surface area contributed by atoms with Crippen LogP contribution in [0.25, 0.3) is 6.08 Å². The lowest BCUT2D eigenvalue weighted by molar-refractivity contribution is -0.136. The molecule has 25 heavy (non-hydrogen) atoms. The second kappa shape index (κ2) is 8.15. The molecule has 5 nitrogen and oxygen atoms in total. The molecule has 2 aromatic carbocycles. The number of carboxylic acid groups (broad SMARTS) is 1. The Kier molecular flexibility index (Phi) is 5.95. The molecule has 0 aliphatic rings. The number of phenols is 1. The molecular weight excluding hydrogens is 320 g/mol. The third-order valence-corrected chi connectivity index (χ3v) is 3.63. The molecular formula is C20H20O5. The van der Waals surface area contributed by atoms with Crippen molar-refractivity contribution in [2.75, 3.05) is 6.61 Å². The van der Waals surface area contributed by atoms with Crippen LogP contribution in [0.1, 0.15) is 22.3 Å². The summed E-state index contributed by atoms with van der Waals surface area (Å²) in [5.74, 6) is -0.322. The van der Waals surface area contributed by atoms with Gasteiger partial charge in [-0.25, -0.2) is 0 Å². The highest BCUT2D eigenvalue weighted by molar-refractivity contribution is 5.94. The first-order valence-electron chi connectivity index (χ1n) is 7.80. The van der Waals surface area contributed by atoms with Crippen molar-refractivity contribution in [2.45, 2.75) is 20.3 Å². The zero-order valence-electron chi connectivity index (χ0n) is 14.2. The second-order valence-corrected chi connectivity index (χ2v) is 5.81. The van der Waals surface area contributed by atoms with Crippen molar-refractivity contribution in [3.05, 3.63) is 64.7 Å². The number of aromatic hydroxyl groups is 1. The number of carbonyl (C=O) groups excluding carboxylic acids is 1. The van der Waals surface area contributed by atoms with E-state index in [2.05, 4.69) is 0 Å². The van der Waals surface area contributed by atoms with Gasteiger partial charge in [0.05, 0.1) is 6.42 Å². The number of hydrogen-bond acceptors (Lipinski definition) is 4. The Morgan fingerprint density at radius 1 is 1.08 bits per heavy atom. The lowest BCUT2D eigenvalue weighted by Crippen LogP contribution is -2.08. The van der Waals surface area contributed by atoms with Crippen molar-refractivity contribution in [3.63, 3.8) is 0 Å². The van der Waals surface area contributed by atoms with Crippen molar-refractivity contribution in [1.82, 2.24) is 0 Å². The molecule has 0 saturated heterocycles. The molecule has 0 heterocycles. The average Bonchev–Trinajstić information content (AvgIpc) is 2.56. The number of carboxylic acids is 1. The third kappa shape index (κ3) is 5.49. The predicted molar refractivity (Wildman–Crippen MR) is 94.9 cm³/mol. The number of aliphatic carboxylic acids is 1. The number of ether oxygens (including phenoxy) is 1. The Bertz CT molecular complexity index is 780. The standard InChI is InChI=1S/C20H20O5/c1-13-9-16(10-14(2)20(13)24)3-6-17(21)12-25-18-7-4-15(5-8-18)11-19(22)23/h3-10,24H,11-12H2,1-2H3,(H,22,23). The highest BCUT2D eigenvalue weighted by Gasteiger charge is 2.04. The average molecular weight is 340 g/mol. The van der Waals surface area contributed by atoms with Gasteiger partial charge in [0.1, 0.15) is 11.5 Å². The Balaban J connectivity index is 1.91. The van der Waals surface area contributed by atoms with Crippen LogP contribution in [0.3, 0.4) is 0 Å². The maximum absolute atomic E-state index is 11.9. The van der Waals surface area contributed by atoms with Crippen LogP contribution < -0.4 is 4.74 Å². The third-order valence-electron chi connectivity index (χ3n) is 3.63. The minimum Gasteiger partial charge on any atom is -0.507 e. The van der Waals surface area contributed by atoms with Gasteiger partial charge in [0.15, 0.2) is 12.4 Å². The number of rotatable bonds is 7. The van der Waals surface area contributed by atoms with E-state index in [0.717, 1.165) is 16.7 Å². The summed E-state index contributed by atoms with van der Waals surface area (Å²) >= 11 is 0. The van der Waals surface area contributed by atoms with Crippen LogP contribution in [-0.4, -0.2) is 28.6 Å². The highest BCUT2D eigenvalue weighted by Crippen LogP contribution is 2.23. The van der Waals surface area contributed by atoms with E-state index in [4.69, 9.17) is 9.84 Å². The van der Waals surface area contributed by atoms with Gasteiger partial charge in [-0.15, -0.1) is 0 Å². The van der Waals surface area contributed by atoms with Gasteiger partial charge in [-0.05, 0) is 66.4 Å². The summed E-state index contributed by atoms with van der Waals surface area (Å²) < 4.78 is 5.39. The van der Waals surface area contributed by atoms with E-state index in [9.17, 15) is 14.7 Å². The SMILES string of the molecule is Cc1cc(C=CC(=O)COc2ccc(CC(=O)O)cc2)cc(C)c1O. The van der Waals surface area contributed by atoms with Crippen LogP contribution in [0.15, 0.2) is 42.5 Å². The summed E-state index contributed by atoms with van der Waals surface area (Å²) in [6, 6.07) is 10.2. The predicted octanol–water partition coefficient (Wildman–Crippen LogP) is 3.30. The van der Waals surface area contributed by atoms with E-state index in [1.165, 1.54) is 6.08 Å². The minimum absolute atomic E-state index is 0.0482. The lowest BCUT2D eigenvalue weighted by Gasteiger charge is -2.05. The highest BCUT2D eigenvalue weighted by atomic mass is 16.5. The fraction of sp³-hybridized carbons (Fsp3) is 0.200. The maximum Gasteiger partial charge on any atom is 0.307 e. The topological polar surface area (TPSA) is 83.8 Å². The van der Waals surface area contributed by atoms with Gasteiger partial charge in [0.2, 0.25) is 0 Å². The second-order valence-electron chi connectivity index (χ2n) is 5.81. The van der Waals surface area contributed by atoms with Gasteiger partial charge in [0.25, 0.3) is 0 Å². The van der Waals surface area contributed by atoms with Crippen LogP contribution in [-0.2, 0) is 16.0 Å². The fourth-order valence-corrected chi connectivity index (χ4v) is 2.36. The Morgan fingerprint density at radius 3 is 2.24 bits per heavy atom. The molecule has 0 aliphatic carbocycles. The maximum atomic E-state index is 11.9. The van der Waals surface area contributed by atoms with Crippen LogP contribution in [0.5, 0.6) is 11.5 Å². The van der Waals surface area contributed by atoms with Gasteiger partial charge in [-0.1, -0.05) is 18.2 Å². The number of aryl methyl sites for hydroxylation is 2. The Hall–Kier alpha value is -3.08. The quantitative estimate of drug-likeness (QED) is 0.756. The normalized spacial score (nSPS) is 10.8. The molecule has 5 heteroatoms. The van der Waals surface area contributed by atoms with Gasteiger partial charge in [-0.3, -0.25) is 9.59 Å². The molecule has 130 valence electrons. The molecule has 0 saturated carbocycles. The van der Waals surface area contributed by atoms with E-state index in [1.807, 2.05) is 0 Å². The molecule has 0 radical (unpaired) electrons. The van der Waals surface area contributed by atoms with Crippen LogP contribution >= 0.6 is 0 Å². The number of hydrogen-bond donors (Lipinski definition) is 2. The smallest absolute Gasteiger partial charge is 0.307 e. The molecule has 0 fully saturated rings. The van der Waals surface area contributed by atoms with Crippen molar-refractivity contribution < 1.29 is 24.5 Å². The zero-order valence-corrected chi connectivity index (χ0v) is 14.2. The summed E-state index contributed by atoms with van der Waals surface area (Å²) in [6.45, 7) is 3.50. The molecule has 0 spiro atoms. The van der Waals surface area contributed by atoms with Gasteiger partial charge >= 0.3 is 5.97 Å². The summed E-state index contributed by atoms with van der Waals surface area (Å²) in [6.07, 6.45) is 3.07. The first kappa shape index (κ1) is 18.3. The monoisotopic (exact) mass is 340 g/mol. The first-order valence-corrected chi connectivity index (χ1v) is 7.80. The van der Waals surface area contributed by atoms with E-state index < -0.39 is 5.97 Å². The van der Waals surface area contributed by atoms with Crippen LogP contribution in [0.2, 0.25) is 0 Å². The number of benzene rings is 2. The molecule has 0 atom stereocenters. The summed E-state index contributed by atoms with van der Waals surface area (Å²) in [4.78, 5) is 22.5. The van der Waals surface area contributed by atoms with Crippen molar-refractivity contribution in [3.8, 4) is 11.5 Å². The minimum atomic E-state index is -0.895. The fourth-order valence-electron chi connectivity index (χ4n) is 2.36. The van der Waals surface area contributed by atoms with E-state index in [-0.39, 0.29) is 24.6 Å². The van der Waals surface area contributed by atoms with Crippen LogP contribution in [0, 0.1) is 13.8 Å². The molecule has 2 rings (SSSR count). The van der Waals surface area contributed by atoms with Crippen molar-refractivity contribution in [2.24, 2.45) is 0 Å². The molecule has 0 aliphatic heterocycles. The van der Waals surface area contributed by atoms with Gasteiger partial charge in [0, 0.05) is 0 Å². The van der Waals surface area contributed by atoms with E-state index in [0.29, 0.717) is 11.3 Å². The number of carbonyl (C=O) groups is 2. The summed E-state index contributed by atoms with van der Waals surface area (Å²) in [5.41, 5.74) is 3.01. The Labute approximate surface area is 146 Å². The molecule has 0 bridgehead atoms. The van der Waals surface area contributed by atoms with Gasteiger partial charge in [-0.2, -0.15) is 0 Å². The Morgan fingerprint density at radius 2 is 1.68 bits per heavy atom. The lowest BCUT2D eigenvalue weighted by atomic mass is 10.1. The van der Waals surface area contributed by atoms with Crippen molar-refractivity contribution in [1.29, 1.82) is 0 Å². The first-order chi connectivity index (χ1) is 11.8.